The Morgan fingerprint density at radius 3 is 2.65 bits per heavy atom. The molecule has 0 unspecified atom stereocenters. The molecule has 1 aliphatic rings. The van der Waals surface area contributed by atoms with Gasteiger partial charge in [-0.1, -0.05) is 24.0 Å². The van der Waals surface area contributed by atoms with Gasteiger partial charge in [-0.25, -0.2) is 14.4 Å². The van der Waals surface area contributed by atoms with Crippen LogP contribution in [0.1, 0.15) is 5.69 Å². The summed E-state index contributed by atoms with van der Waals surface area (Å²) >= 11 is 7.23. The van der Waals surface area contributed by atoms with Crippen LogP contribution in [0.15, 0.2) is 48.9 Å². The van der Waals surface area contributed by atoms with Crippen LogP contribution in [0.3, 0.4) is 0 Å². The van der Waals surface area contributed by atoms with Gasteiger partial charge >= 0.3 is 0 Å². The van der Waals surface area contributed by atoms with Crippen LogP contribution in [0.25, 0.3) is 5.78 Å². The molecule has 0 radical (unpaired) electrons. The second kappa shape index (κ2) is 7.59. The molecule has 0 amide bonds. The molecule has 1 saturated heterocycles. The number of fused-ring (bicyclic) bond motifs is 1. The van der Waals surface area contributed by atoms with Crippen molar-refractivity contribution in [2.45, 2.75) is 5.75 Å². The van der Waals surface area contributed by atoms with Crippen LogP contribution in [-0.4, -0.2) is 49.8 Å². The number of thiocarbonyl (C=S) groups is 1. The Hall–Kier alpha value is -2.19. The van der Waals surface area contributed by atoms with Crippen LogP contribution in [0.5, 0.6) is 0 Å². The Balaban J connectivity index is 1.30. The van der Waals surface area contributed by atoms with Gasteiger partial charge in [0.05, 0.1) is 5.69 Å². The van der Waals surface area contributed by atoms with Crippen molar-refractivity contribution in [1.82, 2.24) is 19.3 Å². The first-order valence-corrected chi connectivity index (χ1v) is 9.79. The van der Waals surface area contributed by atoms with Crippen LogP contribution >= 0.6 is 24.0 Å². The Morgan fingerprint density at radius 2 is 1.92 bits per heavy atom. The lowest BCUT2D eigenvalue weighted by Gasteiger charge is -2.37. The van der Waals surface area contributed by atoms with E-state index in [1.807, 2.05) is 35.0 Å². The first-order valence-electron chi connectivity index (χ1n) is 8.40. The SMILES string of the molecule is Fc1ccc(N2CCN(C(=S)SCc3cn4cccnc4n3)CC2)cc1. The normalized spacial score (nSPS) is 14.8. The highest BCUT2D eigenvalue weighted by Gasteiger charge is 2.19. The number of anilines is 1. The highest BCUT2D eigenvalue weighted by molar-refractivity contribution is 8.22. The van der Waals surface area contributed by atoms with Crippen molar-refractivity contribution in [3.63, 3.8) is 0 Å². The Labute approximate surface area is 160 Å². The Morgan fingerprint density at radius 1 is 1.15 bits per heavy atom. The molecule has 0 atom stereocenters. The van der Waals surface area contributed by atoms with E-state index in [-0.39, 0.29) is 5.82 Å². The molecule has 5 nitrogen and oxygen atoms in total. The maximum absolute atomic E-state index is 13.1. The van der Waals surface area contributed by atoms with Gasteiger partial charge in [0.1, 0.15) is 10.1 Å². The minimum absolute atomic E-state index is 0.202. The molecule has 1 aliphatic heterocycles. The zero-order chi connectivity index (χ0) is 17.9. The lowest BCUT2D eigenvalue weighted by Crippen LogP contribution is -2.47. The molecule has 1 fully saturated rings. The molecule has 4 rings (SSSR count). The largest absolute Gasteiger partial charge is 0.368 e. The molecule has 0 bridgehead atoms. The standard InChI is InChI=1S/C18H18FN5S2/c19-14-2-4-16(5-3-14)22-8-10-23(11-9-22)18(25)26-13-15-12-24-7-1-6-20-17(24)21-15/h1-7,12H,8-11,13H2. The summed E-state index contributed by atoms with van der Waals surface area (Å²) in [5.41, 5.74) is 2.03. The van der Waals surface area contributed by atoms with Crippen molar-refractivity contribution < 1.29 is 4.39 Å². The minimum Gasteiger partial charge on any atom is -0.368 e. The van der Waals surface area contributed by atoms with E-state index in [9.17, 15) is 4.39 Å². The maximum atomic E-state index is 13.1. The molecule has 0 spiro atoms. The molecule has 3 aromatic rings. The van der Waals surface area contributed by atoms with Gasteiger partial charge in [0.25, 0.3) is 0 Å². The molecular weight excluding hydrogens is 369 g/mol. The van der Waals surface area contributed by atoms with E-state index >= 15 is 0 Å². The number of thioether (sulfide) groups is 1. The summed E-state index contributed by atoms with van der Waals surface area (Å²) in [6.45, 7) is 3.50. The number of rotatable bonds is 3. The molecule has 0 aliphatic carbocycles. The highest BCUT2D eigenvalue weighted by atomic mass is 32.2. The zero-order valence-electron chi connectivity index (χ0n) is 14.1. The molecule has 1 aromatic carbocycles. The average Bonchev–Trinajstić information content (AvgIpc) is 3.10. The van der Waals surface area contributed by atoms with Gasteiger partial charge in [-0.3, -0.25) is 4.40 Å². The summed E-state index contributed by atoms with van der Waals surface area (Å²) in [6.07, 6.45) is 5.67. The smallest absolute Gasteiger partial charge is 0.233 e. The monoisotopic (exact) mass is 387 g/mol. The number of aromatic nitrogens is 3. The third kappa shape index (κ3) is 3.81. The second-order valence-corrected chi connectivity index (χ2v) is 7.67. The average molecular weight is 388 g/mol. The van der Waals surface area contributed by atoms with Gasteiger partial charge in [0.15, 0.2) is 0 Å². The molecule has 2 aromatic heterocycles. The lowest BCUT2D eigenvalue weighted by atomic mass is 10.2. The number of halogens is 1. The summed E-state index contributed by atoms with van der Waals surface area (Å²) in [7, 11) is 0. The predicted molar refractivity (Wildman–Crippen MR) is 107 cm³/mol. The lowest BCUT2D eigenvalue weighted by molar-refractivity contribution is 0.397. The summed E-state index contributed by atoms with van der Waals surface area (Å²) < 4.78 is 15.9. The summed E-state index contributed by atoms with van der Waals surface area (Å²) in [5, 5.41) is 0. The first-order chi connectivity index (χ1) is 12.7. The van der Waals surface area contributed by atoms with Crippen molar-refractivity contribution >= 4 is 39.8 Å². The Bertz CT molecular complexity index is 870. The quantitative estimate of drug-likeness (QED) is 0.643. The second-order valence-electron chi connectivity index (χ2n) is 6.06. The molecule has 0 N–H and O–H groups in total. The van der Waals surface area contributed by atoms with Gasteiger partial charge in [-0.15, -0.1) is 0 Å². The zero-order valence-corrected chi connectivity index (χ0v) is 15.7. The number of hydrogen-bond donors (Lipinski definition) is 0. The maximum Gasteiger partial charge on any atom is 0.233 e. The van der Waals surface area contributed by atoms with E-state index in [0.717, 1.165) is 47.6 Å². The highest BCUT2D eigenvalue weighted by Crippen LogP contribution is 2.21. The van der Waals surface area contributed by atoms with E-state index in [4.69, 9.17) is 12.2 Å². The molecule has 0 saturated carbocycles. The van der Waals surface area contributed by atoms with Gasteiger partial charge in [-0.05, 0) is 30.3 Å². The fourth-order valence-electron chi connectivity index (χ4n) is 2.98. The van der Waals surface area contributed by atoms with Gasteiger partial charge in [0.2, 0.25) is 5.78 Å². The Kier molecular flexibility index (Phi) is 5.03. The number of imidazole rings is 1. The minimum atomic E-state index is -0.202. The number of benzene rings is 1. The summed E-state index contributed by atoms with van der Waals surface area (Å²) in [4.78, 5) is 13.2. The number of nitrogens with zero attached hydrogens (tertiary/aromatic N) is 5. The molecule has 26 heavy (non-hydrogen) atoms. The van der Waals surface area contributed by atoms with E-state index < -0.39 is 0 Å². The van der Waals surface area contributed by atoms with E-state index in [0.29, 0.717) is 5.78 Å². The van der Waals surface area contributed by atoms with E-state index in [2.05, 4.69) is 19.8 Å². The van der Waals surface area contributed by atoms with E-state index in [1.165, 1.54) is 12.1 Å². The van der Waals surface area contributed by atoms with E-state index in [1.54, 1.807) is 18.0 Å². The summed E-state index contributed by atoms with van der Waals surface area (Å²) in [6, 6.07) is 8.56. The fourth-order valence-corrected chi connectivity index (χ4v) is 4.11. The van der Waals surface area contributed by atoms with Crippen LogP contribution < -0.4 is 4.90 Å². The van der Waals surface area contributed by atoms with Crippen molar-refractivity contribution in [3.05, 3.63) is 60.4 Å². The number of piperazine rings is 1. The third-order valence-corrected chi connectivity index (χ3v) is 5.92. The molecule has 134 valence electrons. The molecule has 8 heteroatoms. The molecular formula is C18H18FN5S2. The van der Waals surface area contributed by atoms with Crippen LogP contribution in [0, 0.1) is 5.82 Å². The first kappa shape index (κ1) is 17.2. The van der Waals surface area contributed by atoms with Gasteiger partial charge in [0, 0.05) is 56.2 Å². The fraction of sp³-hybridized carbons (Fsp3) is 0.278. The predicted octanol–water partition coefficient (Wildman–Crippen LogP) is 3.21. The summed E-state index contributed by atoms with van der Waals surface area (Å²) in [5.74, 6) is 1.24. The van der Waals surface area contributed by atoms with Crippen molar-refractivity contribution in [2.24, 2.45) is 0 Å². The van der Waals surface area contributed by atoms with Crippen molar-refractivity contribution in [1.29, 1.82) is 0 Å². The van der Waals surface area contributed by atoms with Gasteiger partial charge in [-0.2, -0.15) is 0 Å². The number of hydrogen-bond acceptors (Lipinski definition) is 5. The van der Waals surface area contributed by atoms with Gasteiger partial charge < -0.3 is 9.80 Å². The topological polar surface area (TPSA) is 36.7 Å². The van der Waals surface area contributed by atoms with Crippen molar-refractivity contribution in [2.75, 3.05) is 31.1 Å². The molecule has 3 heterocycles. The van der Waals surface area contributed by atoms with Crippen molar-refractivity contribution in [3.8, 4) is 0 Å². The van der Waals surface area contributed by atoms with Crippen LogP contribution in [0.2, 0.25) is 0 Å². The van der Waals surface area contributed by atoms with Crippen LogP contribution in [0.4, 0.5) is 10.1 Å². The van der Waals surface area contributed by atoms with Crippen LogP contribution in [-0.2, 0) is 5.75 Å². The third-order valence-electron chi connectivity index (χ3n) is 4.36.